The third kappa shape index (κ3) is 6.10. The van der Waals surface area contributed by atoms with Crippen LogP contribution >= 0.6 is 0 Å². The van der Waals surface area contributed by atoms with E-state index in [1.807, 2.05) is 30.3 Å². The molecular formula is C24H32N2O2. The SMILES string of the molecule is CCCOc1ccccc1CCCNC(=O)c1ccc(CN2CCCC2)cc1. The van der Waals surface area contributed by atoms with E-state index in [9.17, 15) is 4.79 Å². The molecule has 0 spiro atoms. The van der Waals surface area contributed by atoms with Gasteiger partial charge in [-0.15, -0.1) is 0 Å². The van der Waals surface area contributed by atoms with Gasteiger partial charge in [-0.3, -0.25) is 9.69 Å². The number of aryl methyl sites for hydroxylation is 1. The molecule has 1 amide bonds. The van der Waals surface area contributed by atoms with E-state index in [4.69, 9.17) is 4.74 Å². The number of carbonyl (C=O) groups is 1. The summed E-state index contributed by atoms with van der Waals surface area (Å²) in [5.41, 5.74) is 3.22. The maximum atomic E-state index is 12.4. The normalized spacial score (nSPS) is 14.2. The molecule has 1 aliphatic heterocycles. The molecule has 2 aromatic rings. The Labute approximate surface area is 168 Å². The smallest absolute Gasteiger partial charge is 0.251 e. The van der Waals surface area contributed by atoms with E-state index in [0.717, 1.165) is 43.7 Å². The fourth-order valence-corrected chi connectivity index (χ4v) is 3.61. The molecule has 28 heavy (non-hydrogen) atoms. The maximum absolute atomic E-state index is 12.4. The Morgan fingerprint density at radius 1 is 1.07 bits per heavy atom. The third-order valence-electron chi connectivity index (χ3n) is 5.16. The van der Waals surface area contributed by atoms with Gasteiger partial charge in [0.15, 0.2) is 0 Å². The van der Waals surface area contributed by atoms with Crippen molar-refractivity contribution in [3.8, 4) is 5.75 Å². The molecule has 1 saturated heterocycles. The molecule has 0 radical (unpaired) electrons. The highest BCUT2D eigenvalue weighted by molar-refractivity contribution is 5.94. The van der Waals surface area contributed by atoms with Gasteiger partial charge in [-0.05, 0) is 74.5 Å². The highest BCUT2D eigenvalue weighted by Gasteiger charge is 2.12. The number of para-hydroxylation sites is 1. The van der Waals surface area contributed by atoms with Gasteiger partial charge >= 0.3 is 0 Å². The van der Waals surface area contributed by atoms with Gasteiger partial charge in [0.2, 0.25) is 0 Å². The van der Waals surface area contributed by atoms with Crippen LogP contribution < -0.4 is 10.1 Å². The Morgan fingerprint density at radius 2 is 1.82 bits per heavy atom. The highest BCUT2D eigenvalue weighted by Crippen LogP contribution is 2.19. The van der Waals surface area contributed by atoms with Crippen LogP contribution in [-0.2, 0) is 13.0 Å². The lowest BCUT2D eigenvalue weighted by Crippen LogP contribution is -2.25. The number of benzene rings is 2. The number of likely N-dealkylation sites (tertiary alicyclic amines) is 1. The summed E-state index contributed by atoms with van der Waals surface area (Å²) in [4.78, 5) is 14.8. The zero-order valence-corrected chi connectivity index (χ0v) is 17.0. The summed E-state index contributed by atoms with van der Waals surface area (Å²) in [6.07, 6.45) is 5.40. The largest absolute Gasteiger partial charge is 0.493 e. The number of hydrogen-bond acceptors (Lipinski definition) is 3. The van der Waals surface area contributed by atoms with Gasteiger partial charge in [0.05, 0.1) is 6.61 Å². The molecule has 1 N–H and O–H groups in total. The number of nitrogens with one attached hydrogen (secondary N) is 1. The predicted octanol–water partition coefficient (Wildman–Crippen LogP) is 4.43. The van der Waals surface area contributed by atoms with Crippen molar-refractivity contribution in [2.24, 2.45) is 0 Å². The fraction of sp³-hybridized carbons (Fsp3) is 0.458. The van der Waals surface area contributed by atoms with Crippen molar-refractivity contribution in [2.45, 2.75) is 45.6 Å². The van der Waals surface area contributed by atoms with Crippen molar-refractivity contribution in [2.75, 3.05) is 26.2 Å². The summed E-state index contributed by atoms with van der Waals surface area (Å²) in [5.74, 6) is 0.965. The first-order valence-electron chi connectivity index (χ1n) is 10.6. The standard InChI is InChI=1S/C24H32N2O2/c1-2-18-28-23-10-4-3-8-21(23)9-7-15-25-24(27)22-13-11-20(12-14-22)19-26-16-5-6-17-26/h3-4,8,10-14H,2,5-7,9,15-19H2,1H3,(H,25,27). The topological polar surface area (TPSA) is 41.6 Å². The molecule has 3 rings (SSSR count). The minimum Gasteiger partial charge on any atom is -0.493 e. The van der Waals surface area contributed by atoms with Crippen LogP contribution in [0.25, 0.3) is 0 Å². The van der Waals surface area contributed by atoms with Crippen LogP contribution in [0.2, 0.25) is 0 Å². The van der Waals surface area contributed by atoms with E-state index < -0.39 is 0 Å². The quantitative estimate of drug-likeness (QED) is 0.620. The van der Waals surface area contributed by atoms with Gasteiger partial charge < -0.3 is 10.1 Å². The minimum atomic E-state index is 0.00300. The molecule has 0 saturated carbocycles. The molecule has 1 heterocycles. The van der Waals surface area contributed by atoms with E-state index >= 15 is 0 Å². The lowest BCUT2D eigenvalue weighted by atomic mass is 10.1. The van der Waals surface area contributed by atoms with Crippen LogP contribution in [-0.4, -0.2) is 37.0 Å². The number of ether oxygens (including phenoxy) is 1. The van der Waals surface area contributed by atoms with Gasteiger partial charge in [-0.25, -0.2) is 0 Å². The first-order chi connectivity index (χ1) is 13.8. The molecule has 4 nitrogen and oxygen atoms in total. The minimum absolute atomic E-state index is 0.00300. The number of hydrogen-bond donors (Lipinski definition) is 1. The fourth-order valence-electron chi connectivity index (χ4n) is 3.61. The van der Waals surface area contributed by atoms with Crippen molar-refractivity contribution in [1.29, 1.82) is 0 Å². The zero-order chi connectivity index (χ0) is 19.6. The number of nitrogens with zero attached hydrogens (tertiary/aromatic N) is 1. The molecule has 150 valence electrons. The molecule has 0 aromatic heterocycles. The van der Waals surface area contributed by atoms with Crippen molar-refractivity contribution in [3.05, 3.63) is 65.2 Å². The molecule has 0 atom stereocenters. The van der Waals surface area contributed by atoms with E-state index in [1.54, 1.807) is 0 Å². The lowest BCUT2D eigenvalue weighted by Gasteiger charge is -2.14. The highest BCUT2D eigenvalue weighted by atomic mass is 16.5. The molecular weight excluding hydrogens is 348 g/mol. The Kier molecular flexibility index (Phi) is 7.92. The molecule has 1 fully saturated rings. The summed E-state index contributed by atoms with van der Waals surface area (Å²) in [6, 6.07) is 16.2. The van der Waals surface area contributed by atoms with Crippen LogP contribution in [0.5, 0.6) is 5.75 Å². The Morgan fingerprint density at radius 3 is 2.57 bits per heavy atom. The van der Waals surface area contributed by atoms with Crippen LogP contribution in [0, 0.1) is 0 Å². The van der Waals surface area contributed by atoms with Gasteiger partial charge in [-0.2, -0.15) is 0 Å². The van der Waals surface area contributed by atoms with Gasteiger partial charge in [-0.1, -0.05) is 37.3 Å². The van der Waals surface area contributed by atoms with Gasteiger partial charge in [0, 0.05) is 18.7 Å². The number of carbonyl (C=O) groups excluding carboxylic acids is 1. The van der Waals surface area contributed by atoms with E-state index in [1.165, 1.54) is 37.1 Å². The summed E-state index contributed by atoms with van der Waals surface area (Å²) < 4.78 is 5.80. The summed E-state index contributed by atoms with van der Waals surface area (Å²) in [7, 11) is 0. The Bertz CT molecular complexity index is 737. The molecule has 0 bridgehead atoms. The predicted molar refractivity (Wildman–Crippen MR) is 114 cm³/mol. The second-order valence-electron chi connectivity index (χ2n) is 7.50. The Hall–Kier alpha value is -2.33. The van der Waals surface area contributed by atoms with Crippen molar-refractivity contribution in [1.82, 2.24) is 10.2 Å². The molecule has 1 aliphatic rings. The van der Waals surface area contributed by atoms with E-state index in [-0.39, 0.29) is 5.91 Å². The summed E-state index contributed by atoms with van der Waals surface area (Å²) in [6.45, 7) is 6.88. The van der Waals surface area contributed by atoms with Gasteiger partial charge in [0.1, 0.15) is 5.75 Å². The second-order valence-corrected chi connectivity index (χ2v) is 7.50. The summed E-state index contributed by atoms with van der Waals surface area (Å²) >= 11 is 0. The molecule has 2 aromatic carbocycles. The third-order valence-corrected chi connectivity index (χ3v) is 5.16. The molecule has 4 heteroatoms. The van der Waals surface area contributed by atoms with Gasteiger partial charge in [0.25, 0.3) is 5.91 Å². The van der Waals surface area contributed by atoms with E-state index in [2.05, 4.69) is 35.3 Å². The monoisotopic (exact) mass is 380 g/mol. The van der Waals surface area contributed by atoms with Crippen LogP contribution in [0.4, 0.5) is 0 Å². The lowest BCUT2D eigenvalue weighted by molar-refractivity contribution is 0.0953. The first-order valence-corrected chi connectivity index (χ1v) is 10.6. The zero-order valence-electron chi connectivity index (χ0n) is 17.0. The summed E-state index contributed by atoms with van der Waals surface area (Å²) in [5, 5.41) is 3.03. The van der Waals surface area contributed by atoms with E-state index in [0.29, 0.717) is 6.54 Å². The van der Waals surface area contributed by atoms with Crippen LogP contribution in [0.1, 0.15) is 54.1 Å². The molecule has 0 aliphatic carbocycles. The van der Waals surface area contributed by atoms with Crippen molar-refractivity contribution in [3.63, 3.8) is 0 Å². The second kappa shape index (κ2) is 10.9. The van der Waals surface area contributed by atoms with Crippen molar-refractivity contribution < 1.29 is 9.53 Å². The average Bonchev–Trinajstić information content (AvgIpc) is 3.24. The number of rotatable bonds is 10. The van der Waals surface area contributed by atoms with Crippen molar-refractivity contribution >= 4 is 5.91 Å². The first kappa shape index (κ1) is 20.4. The average molecular weight is 381 g/mol. The van der Waals surface area contributed by atoms with Crippen LogP contribution in [0.3, 0.4) is 0 Å². The Balaban J connectivity index is 1.42. The number of amides is 1. The molecule has 0 unspecified atom stereocenters. The van der Waals surface area contributed by atoms with Crippen LogP contribution in [0.15, 0.2) is 48.5 Å². The maximum Gasteiger partial charge on any atom is 0.251 e.